The second-order valence-corrected chi connectivity index (χ2v) is 4.54. The normalized spacial score (nSPS) is 10.9. The summed E-state index contributed by atoms with van der Waals surface area (Å²) in [7, 11) is 0. The molecule has 0 aliphatic rings. The first-order chi connectivity index (χ1) is 9.19. The zero-order valence-electron chi connectivity index (χ0n) is 10.9. The van der Waals surface area contributed by atoms with Gasteiger partial charge in [-0.15, -0.1) is 0 Å². The Bertz CT molecular complexity index is 745. The first-order valence-electron chi connectivity index (χ1n) is 6.09. The molecule has 0 fully saturated rings. The van der Waals surface area contributed by atoms with Crippen molar-refractivity contribution in [3.63, 3.8) is 0 Å². The van der Waals surface area contributed by atoms with Crippen molar-refractivity contribution in [1.82, 2.24) is 14.6 Å². The highest BCUT2D eigenvalue weighted by atomic mass is 15.4. The Labute approximate surface area is 111 Å². The molecule has 0 unspecified atom stereocenters. The molecule has 0 radical (unpaired) electrons. The van der Waals surface area contributed by atoms with Crippen LogP contribution in [0, 0.1) is 13.8 Å². The van der Waals surface area contributed by atoms with Crippen molar-refractivity contribution in [1.29, 1.82) is 0 Å². The summed E-state index contributed by atoms with van der Waals surface area (Å²) in [4.78, 5) is 4.46. The molecule has 2 heterocycles. The van der Waals surface area contributed by atoms with E-state index >= 15 is 0 Å². The topological polar surface area (TPSA) is 68.2 Å². The molecular formula is C14H15N5. The van der Waals surface area contributed by atoms with Crippen LogP contribution < -0.4 is 11.3 Å². The van der Waals surface area contributed by atoms with E-state index in [4.69, 9.17) is 5.84 Å². The summed E-state index contributed by atoms with van der Waals surface area (Å²) in [5.74, 6) is 6.25. The minimum atomic E-state index is 0.724. The molecule has 0 aliphatic heterocycles. The first kappa shape index (κ1) is 11.7. The van der Waals surface area contributed by atoms with Crippen molar-refractivity contribution in [2.24, 2.45) is 5.84 Å². The molecule has 0 saturated heterocycles. The third-order valence-electron chi connectivity index (χ3n) is 3.12. The Morgan fingerprint density at radius 3 is 2.68 bits per heavy atom. The van der Waals surface area contributed by atoms with Gasteiger partial charge >= 0.3 is 0 Å². The van der Waals surface area contributed by atoms with Gasteiger partial charge in [-0.2, -0.15) is 9.61 Å². The van der Waals surface area contributed by atoms with Crippen LogP contribution in [-0.2, 0) is 0 Å². The molecule has 0 spiro atoms. The molecule has 96 valence electrons. The Hall–Kier alpha value is -2.40. The molecule has 0 bridgehead atoms. The van der Waals surface area contributed by atoms with Gasteiger partial charge in [0.15, 0.2) is 5.65 Å². The number of hydrogen-bond donors (Lipinski definition) is 2. The van der Waals surface area contributed by atoms with Gasteiger partial charge in [0, 0.05) is 23.4 Å². The number of aryl methyl sites for hydroxylation is 2. The lowest BCUT2D eigenvalue weighted by atomic mass is 10.1. The van der Waals surface area contributed by atoms with Gasteiger partial charge in [-0.25, -0.2) is 10.8 Å². The number of nitrogens with two attached hydrogens (primary N) is 1. The van der Waals surface area contributed by atoms with Gasteiger partial charge in [-0.1, -0.05) is 24.3 Å². The zero-order valence-corrected chi connectivity index (χ0v) is 10.9. The highest BCUT2D eigenvalue weighted by molar-refractivity contribution is 5.68. The number of hydrazine groups is 1. The van der Waals surface area contributed by atoms with E-state index in [0.717, 1.165) is 28.4 Å². The van der Waals surface area contributed by atoms with E-state index in [-0.39, 0.29) is 0 Å². The Balaban J connectivity index is 2.25. The van der Waals surface area contributed by atoms with Crippen LogP contribution in [0.1, 0.15) is 11.3 Å². The van der Waals surface area contributed by atoms with Crippen molar-refractivity contribution in [2.75, 3.05) is 5.43 Å². The van der Waals surface area contributed by atoms with Gasteiger partial charge in [0.2, 0.25) is 0 Å². The number of benzene rings is 1. The number of aromatic nitrogens is 3. The molecule has 3 aromatic rings. The maximum atomic E-state index is 5.52. The summed E-state index contributed by atoms with van der Waals surface area (Å²) in [6.45, 7) is 4.00. The average Bonchev–Trinajstić information content (AvgIpc) is 2.81. The summed E-state index contributed by atoms with van der Waals surface area (Å²) in [5, 5.41) is 4.57. The van der Waals surface area contributed by atoms with Crippen LogP contribution in [0.5, 0.6) is 0 Å². The van der Waals surface area contributed by atoms with Crippen LogP contribution in [-0.4, -0.2) is 14.6 Å². The second-order valence-electron chi connectivity index (χ2n) is 4.54. The van der Waals surface area contributed by atoms with E-state index in [1.54, 1.807) is 4.52 Å². The molecule has 0 saturated carbocycles. The van der Waals surface area contributed by atoms with E-state index in [1.807, 2.05) is 31.2 Å². The predicted molar refractivity (Wildman–Crippen MR) is 75.7 cm³/mol. The van der Waals surface area contributed by atoms with Crippen LogP contribution >= 0.6 is 0 Å². The fourth-order valence-corrected chi connectivity index (χ4v) is 2.19. The SMILES string of the molecule is Cc1cc(NN)n2nc(-c3ccccc3C)cc2n1. The summed E-state index contributed by atoms with van der Waals surface area (Å²) in [5.41, 5.74) is 7.52. The lowest BCUT2D eigenvalue weighted by molar-refractivity contribution is 0.930. The highest BCUT2D eigenvalue weighted by Crippen LogP contribution is 2.24. The Morgan fingerprint density at radius 1 is 1.16 bits per heavy atom. The monoisotopic (exact) mass is 253 g/mol. The maximum Gasteiger partial charge on any atom is 0.158 e. The molecule has 0 atom stereocenters. The molecule has 0 amide bonds. The molecule has 2 aromatic heterocycles. The van der Waals surface area contributed by atoms with E-state index in [9.17, 15) is 0 Å². The summed E-state index contributed by atoms with van der Waals surface area (Å²) < 4.78 is 1.72. The molecule has 3 N–H and O–H groups in total. The van der Waals surface area contributed by atoms with Crippen LogP contribution in [0.25, 0.3) is 16.9 Å². The fraction of sp³-hybridized carbons (Fsp3) is 0.143. The van der Waals surface area contributed by atoms with Gasteiger partial charge < -0.3 is 5.43 Å². The standard InChI is InChI=1S/C14H15N5/c1-9-5-3-4-6-11(9)12-8-13-16-10(2)7-14(17-15)19(13)18-12/h3-8,17H,15H2,1-2H3. The molecular weight excluding hydrogens is 238 g/mol. The number of rotatable bonds is 2. The lowest BCUT2D eigenvalue weighted by Gasteiger charge is -2.04. The van der Waals surface area contributed by atoms with Gasteiger partial charge in [0.05, 0.1) is 5.69 Å². The van der Waals surface area contributed by atoms with E-state index in [0.29, 0.717) is 0 Å². The van der Waals surface area contributed by atoms with Crippen LogP contribution in [0.3, 0.4) is 0 Å². The zero-order chi connectivity index (χ0) is 13.4. The minimum Gasteiger partial charge on any atom is -0.308 e. The fourth-order valence-electron chi connectivity index (χ4n) is 2.19. The Kier molecular flexibility index (Phi) is 2.68. The molecule has 5 heteroatoms. The first-order valence-corrected chi connectivity index (χ1v) is 6.09. The Morgan fingerprint density at radius 2 is 1.95 bits per heavy atom. The molecule has 19 heavy (non-hydrogen) atoms. The van der Waals surface area contributed by atoms with Crippen molar-refractivity contribution in [3.8, 4) is 11.3 Å². The van der Waals surface area contributed by atoms with Gasteiger partial charge in [-0.05, 0) is 19.4 Å². The van der Waals surface area contributed by atoms with E-state index < -0.39 is 0 Å². The molecule has 5 nitrogen and oxygen atoms in total. The summed E-state index contributed by atoms with van der Waals surface area (Å²) in [6, 6.07) is 12.0. The third-order valence-corrected chi connectivity index (χ3v) is 3.12. The number of hydrogen-bond acceptors (Lipinski definition) is 4. The minimum absolute atomic E-state index is 0.724. The number of anilines is 1. The largest absolute Gasteiger partial charge is 0.308 e. The van der Waals surface area contributed by atoms with Gasteiger partial charge in [-0.3, -0.25) is 0 Å². The van der Waals surface area contributed by atoms with Crippen molar-refractivity contribution >= 4 is 11.5 Å². The third kappa shape index (κ3) is 1.94. The quantitative estimate of drug-likeness (QED) is 0.543. The highest BCUT2D eigenvalue weighted by Gasteiger charge is 2.10. The molecule has 0 aliphatic carbocycles. The smallest absolute Gasteiger partial charge is 0.158 e. The molecule has 1 aromatic carbocycles. The van der Waals surface area contributed by atoms with Crippen LogP contribution in [0.4, 0.5) is 5.82 Å². The lowest BCUT2D eigenvalue weighted by Crippen LogP contribution is -2.12. The van der Waals surface area contributed by atoms with Crippen molar-refractivity contribution < 1.29 is 0 Å². The van der Waals surface area contributed by atoms with E-state index in [2.05, 4.69) is 34.6 Å². The number of nitrogens with one attached hydrogen (secondary N) is 1. The van der Waals surface area contributed by atoms with Gasteiger partial charge in [0.1, 0.15) is 5.82 Å². The van der Waals surface area contributed by atoms with Crippen molar-refractivity contribution in [2.45, 2.75) is 13.8 Å². The number of nitrogens with zero attached hydrogens (tertiary/aromatic N) is 3. The average molecular weight is 253 g/mol. The van der Waals surface area contributed by atoms with Crippen LogP contribution in [0.15, 0.2) is 36.4 Å². The predicted octanol–water partition coefficient (Wildman–Crippen LogP) is 2.30. The van der Waals surface area contributed by atoms with E-state index in [1.165, 1.54) is 5.56 Å². The summed E-state index contributed by atoms with van der Waals surface area (Å²) >= 11 is 0. The maximum absolute atomic E-state index is 5.52. The van der Waals surface area contributed by atoms with Gasteiger partial charge in [0.25, 0.3) is 0 Å². The summed E-state index contributed by atoms with van der Waals surface area (Å²) in [6.07, 6.45) is 0. The molecule has 3 rings (SSSR count). The second kappa shape index (κ2) is 4.37. The number of fused-ring (bicyclic) bond motifs is 1. The number of nitrogen functional groups attached to an aromatic ring is 1. The van der Waals surface area contributed by atoms with Crippen molar-refractivity contribution in [3.05, 3.63) is 47.7 Å². The van der Waals surface area contributed by atoms with Crippen LogP contribution in [0.2, 0.25) is 0 Å².